The van der Waals surface area contributed by atoms with Crippen LogP contribution in [0.1, 0.15) is 36.8 Å². The van der Waals surface area contributed by atoms with Gasteiger partial charge in [0.1, 0.15) is 17.9 Å². The summed E-state index contributed by atoms with van der Waals surface area (Å²) in [4.78, 5) is 0. The Labute approximate surface area is 114 Å². The first kappa shape index (κ1) is 12.5. The number of nitriles is 1. The lowest BCUT2D eigenvalue weighted by molar-refractivity contribution is 0.236. The zero-order valence-electron chi connectivity index (χ0n) is 11.2. The molecule has 0 heterocycles. The van der Waals surface area contributed by atoms with Gasteiger partial charge in [0.25, 0.3) is 0 Å². The monoisotopic (exact) mass is 256 g/mol. The lowest BCUT2D eigenvalue weighted by atomic mass is 9.92. The predicted octanol–water partition coefficient (Wildman–Crippen LogP) is 2.58. The van der Waals surface area contributed by atoms with Crippen molar-refractivity contribution in [2.45, 2.75) is 44.1 Å². The van der Waals surface area contributed by atoms with Crippen LogP contribution in [-0.2, 0) is 12.8 Å². The molecule has 0 amide bonds. The van der Waals surface area contributed by atoms with Crippen molar-refractivity contribution < 1.29 is 4.74 Å². The summed E-state index contributed by atoms with van der Waals surface area (Å²) in [5, 5.41) is 9.21. The third-order valence-electron chi connectivity index (χ3n) is 4.31. The van der Waals surface area contributed by atoms with Gasteiger partial charge in [0.15, 0.2) is 0 Å². The van der Waals surface area contributed by atoms with E-state index in [2.05, 4.69) is 18.2 Å². The van der Waals surface area contributed by atoms with Gasteiger partial charge in [0.05, 0.1) is 6.07 Å². The van der Waals surface area contributed by atoms with Gasteiger partial charge in [-0.15, -0.1) is 0 Å². The highest BCUT2D eigenvalue weighted by Gasteiger charge is 2.43. The third kappa shape index (κ3) is 2.59. The minimum Gasteiger partial charge on any atom is -0.491 e. The van der Waals surface area contributed by atoms with Gasteiger partial charge in [-0.1, -0.05) is 6.07 Å². The Balaban J connectivity index is 1.68. The number of nitrogens with two attached hydrogens (primary N) is 1. The Hall–Kier alpha value is -1.53. The van der Waals surface area contributed by atoms with E-state index < -0.39 is 5.54 Å². The van der Waals surface area contributed by atoms with Gasteiger partial charge in [-0.3, -0.25) is 0 Å². The van der Waals surface area contributed by atoms with Gasteiger partial charge in [-0.25, -0.2) is 0 Å². The number of hydrogen-bond acceptors (Lipinski definition) is 3. The highest BCUT2D eigenvalue weighted by atomic mass is 16.5. The Kier molecular flexibility index (Phi) is 3.20. The molecule has 2 aliphatic rings. The second-order valence-electron chi connectivity index (χ2n) is 5.85. The summed E-state index contributed by atoms with van der Waals surface area (Å²) < 4.78 is 5.78. The fourth-order valence-electron chi connectivity index (χ4n) is 2.84. The first-order valence-electron chi connectivity index (χ1n) is 7.16. The van der Waals surface area contributed by atoms with Gasteiger partial charge in [0.2, 0.25) is 0 Å². The number of aryl methyl sites for hydroxylation is 2. The van der Waals surface area contributed by atoms with Crippen LogP contribution in [0, 0.1) is 17.2 Å². The maximum atomic E-state index is 9.21. The van der Waals surface area contributed by atoms with Crippen LogP contribution in [0.5, 0.6) is 5.75 Å². The van der Waals surface area contributed by atoms with Crippen molar-refractivity contribution in [3.05, 3.63) is 29.3 Å². The SMILES string of the molecule is N#CC(N)(COc1ccc2c(c1)CCCC2)C1CC1. The van der Waals surface area contributed by atoms with Crippen LogP contribution in [0.15, 0.2) is 18.2 Å². The molecule has 1 saturated carbocycles. The molecule has 19 heavy (non-hydrogen) atoms. The van der Waals surface area contributed by atoms with Crippen molar-refractivity contribution in [3.63, 3.8) is 0 Å². The predicted molar refractivity (Wildman–Crippen MR) is 73.8 cm³/mol. The second kappa shape index (κ2) is 4.86. The third-order valence-corrected chi connectivity index (χ3v) is 4.31. The number of hydrogen-bond donors (Lipinski definition) is 1. The van der Waals surface area contributed by atoms with E-state index in [4.69, 9.17) is 10.5 Å². The van der Waals surface area contributed by atoms with Crippen molar-refractivity contribution in [2.75, 3.05) is 6.61 Å². The molecule has 0 aliphatic heterocycles. The Morgan fingerprint density at radius 1 is 1.26 bits per heavy atom. The summed E-state index contributed by atoms with van der Waals surface area (Å²) in [6, 6.07) is 8.52. The van der Waals surface area contributed by atoms with Crippen molar-refractivity contribution in [1.82, 2.24) is 0 Å². The smallest absolute Gasteiger partial charge is 0.141 e. The van der Waals surface area contributed by atoms with E-state index in [0.29, 0.717) is 12.5 Å². The molecule has 1 aromatic rings. The minimum atomic E-state index is -0.810. The standard InChI is InChI=1S/C16H20N2O/c17-10-16(18,14-6-7-14)11-19-15-8-5-12-3-1-2-4-13(12)9-15/h5,8-9,14H,1-4,6-7,11,18H2. The molecule has 3 heteroatoms. The van der Waals surface area contributed by atoms with E-state index in [0.717, 1.165) is 25.0 Å². The quantitative estimate of drug-likeness (QED) is 0.900. The van der Waals surface area contributed by atoms with Crippen LogP contribution in [0.4, 0.5) is 0 Å². The Bertz CT molecular complexity index is 516. The number of benzene rings is 1. The first-order valence-corrected chi connectivity index (χ1v) is 7.16. The molecule has 0 spiro atoms. The minimum absolute atomic E-state index is 0.299. The summed E-state index contributed by atoms with van der Waals surface area (Å²) in [6.07, 6.45) is 6.97. The second-order valence-corrected chi connectivity index (χ2v) is 5.85. The molecular weight excluding hydrogens is 236 g/mol. The Morgan fingerprint density at radius 2 is 2.00 bits per heavy atom. The molecule has 100 valence electrons. The number of ether oxygens (including phenoxy) is 1. The van der Waals surface area contributed by atoms with Crippen LogP contribution in [0.2, 0.25) is 0 Å². The van der Waals surface area contributed by atoms with Crippen LogP contribution in [-0.4, -0.2) is 12.1 Å². The molecular formula is C16H20N2O. The zero-order chi connectivity index (χ0) is 13.3. The lowest BCUT2D eigenvalue weighted by Gasteiger charge is -2.22. The summed E-state index contributed by atoms with van der Waals surface area (Å²) in [6.45, 7) is 0.299. The summed E-state index contributed by atoms with van der Waals surface area (Å²) >= 11 is 0. The van der Waals surface area contributed by atoms with E-state index in [9.17, 15) is 5.26 Å². The van der Waals surface area contributed by atoms with Crippen LogP contribution < -0.4 is 10.5 Å². The van der Waals surface area contributed by atoms with Crippen LogP contribution in [0.3, 0.4) is 0 Å². The van der Waals surface area contributed by atoms with Crippen molar-refractivity contribution in [2.24, 2.45) is 11.7 Å². The number of fused-ring (bicyclic) bond motifs is 1. The number of rotatable bonds is 4. The average molecular weight is 256 g/mol. The molecule has 2 N–H and O–H groups in total. The number of nitrogens with zero attached hydrogens (tertiary/aromatic N) is 1. The van der Waals surface area contributed by atoms with E-state index in [1.54, 1.807) is 0 Å². The highest BCUT2D eigenvalue weighted by Crippen LogP contribution is 2.38. The van der Waals surface area contributed by atoms with Crippen LogP contribution in [0.25, 0.3) is 0 Å². The van der Waals surface area contributed by atoms with E-state index >= 15 is 0 Å². The topological polar surface area (TPSA) is 59.0 Å². The lowest BCUT2D eigenvalue weighted by Crippen LogP contribution is -2.46. The summed E-state index contributed by atoms with van der Waals surface area (Å²) in [7, 11) is 0. The molecule has 2 aliphatic carbocycles. The zero-order valence-corrected chi connectivity index (χ0v) is 11.2. The molecule has 1 atom stereocenters. The molecule has 1 unspecified atom stereocenters. The molecule has 1 fully saturated rings. The van der Waals surface area contributed by atoms with Crippen molar-refractivity contribution in [3.8, 4) is 11.8 Å². The van der Waals surface area contributed by atoms with Gasteiger partial charge in [-0.2, -0.15) is 5.26 Å². The molecule has 0 radical (unpaired) electrons. The van der Waals surface area contributed by atoms with Crippen molar-refractivity contribution >= 4 is 0 Å². The molecule has 3 nitrogen and oxygen atoms in total. The molecule has 0 aromatic heterocycles. The normalized spacial score (nSPS) is 21.1. The fraction of sp³-hybridized carbons (Fsp3) is 0.562. The van der Waals surface area contributed by atoms with Crippen molar-refractivity contribution in [1.29, 1.82) is 5.26 Å². The van der Waals surface area contributed by atoms with Gasteiger partial charge >= 0.3 is 0 Å². The van der Waals surface area contributed by atoms with E-state index in [1.165, 1.54) is 30.4 Å². The molecule has 1 aromatic carbocycles. The van der Waals surface area contributed by atoms with Gasteiger partial charge < -0.3 is 10.5 Å². The maximum absolute atomic E-state index is 9.21. The highest BCUT2D eigenvalue weighted by molar-refractivity contribution is 5.37. The molecule has 0 bridgehead atoms. The van der Waals surface area contributed by atoms with E-state index in [1.807, 2.05) is 6.07 Å². The van der Waals surface area contributed by atoms with Crippen LogP contribution >= 0.6 is 0 Å². The summed E-state index contributed by atoms with van der Waals surface area (Å²) in [5.41, 5.74) is 8.13. The molecule has 3 rings (SSSR count). The summed E-state index contributed by atoms with van der Waals surface area (Å²) in [5.74, 6) is 1.17. The van der Waals surface area contributed by atoms with E-state index in [-0.39, 0.29) is 0 Å². The Morgan fingerprint density at radius 3 is 2.68 bits per heavy atom. The average Bonchev–Trinajstić information content (AvgIpc) is 3.29. The fourth-order valence-corrected chi connectivity index (χ4v) is 2.84. The van der Waals surface area contributed by atoms with Gasteiger partial charge in [0, 0.05) is 0 Å². The van der Waals surface area contributed by atoms with Gasteiger partial charge in [-0.05, 0) is 67.7 Å². The first-order chi connectivity index (χ1) is 9.21. The molecule has 0 saturated heterocycles. The maximum Gasteiger partial charge on any atom is 0.141 e. The largest absolute Gasteiger partial charge is 0.491 e.